The zero-order chi connectivity index (χ0) is 12.0. The highest BCUT2D eigenvalue weighted by atomic mass is 15.1. The minimum atomic E-state index is 0.207. The third-order valence-electron chi connectivity index (χ3n) is 2.30. The van der Waals surface area contributed by atoms with Crippen LogP contribution in [-0.4, -0.2) is 22.6 Å². The summed E-state index contributed by atoms with van der Waals surface area (Å²) in [5.74, 6) is 0.396. The second kappa shape index (κ2) is 5.89. The molecule has 0 fully saturated rings. The van der Waals surface area contributed by atoms with Gasteiger partial charge >= 0.3 is 0 Å². The van der Waals surface area contributed by atoms with E-state index in [4.69, 9.17) is 10.5 Å². The molecule has 0 spiro atoms. The van der Waals surface area contributed by atoms with Crippen molar-refractivity contribution >= 4 is 0 Å². The van der Waals surface area contributed by atoms with Crippen molar-refractivity contribution in [3.8, 4) is 12.1 Å². The van der Waals surface area contributed by atoms with Gasteiger partial charge in [-0.25, -0.2) is 4.98 Å². The normalized spacial score (nSPS) is 11.8. The largest absolute Gasteiger partial charge is 0.321 e. The summed E-state index contributed by atoms with van der Waals surface area (Å²) < 4.78 is 1.74. The number of nitrogens with zero attached hydrogens (tertiary/aromatic N) is 4. The van der Waals surface area contributed by atoms with E-state index in [-0.39, 0.29) is 5.69 Å². The van der Waals surface area contributed by atoms with Gasteiger partial charge < -0.3 is 9.88 Å². The highest BCUT2D eigenvalue weighted by molar-refractivity contribution is 5.35. The molecule has 0 aliphatic heterocycles. The van der Waals surface area contributed by atoms with Crippen molar-refractivity contribution in [3.05, 3.63) is 17.7 Å². The van der Waals surface area contributed by atoms with Crippen molar-refractivity contribution in [1.29, 1.82) is 10.5 Å². The zero-order valence-electron chi connectivity index (χ0n) is 9.56. The van der Waals surface area contributed by atoms with Gasteiger partial charge in [0, 0.05) is 6.54 Å². The molecule has 5 nitrogen and oxygen atoms in total. The van der Waals surface area contributed by atoms with E-state index in [0.717, 1.165) is 13.1 Å². The first-order valence-electron chi connectivity index (χ1n) is 5.29. The van der Waals surface area contributed by atoms with Crippen LogP contribution < -0.4 is 5.32 Å². The minimum Gasteiger partial charge on any atom is -0.321 e. The first kappa shape index (κ1) is 12.2. The number of hydrogen-bond donors (Lipinski definition) is 1. The molecule has 0 radical (unpaired) electrons. The molecule has 1 unspecified atom stereocenters. The van der Waals surface area contributed by atoms with Gasteiger partial charge in [0.05, 0.1) is 6.33 Å². The maximum atomic E-state index is 8.93. The Balaban J connectivity index is 2.71. The van der Waals surface area contributed by atoms with E-state index in [9.17, 15) is 0 Å². The van der Waals surface area contributed by atoms with Crippen molar-refractivity contribution in [2.45, 2.75) is 20.4 Å². The lowest BCUT2D eigenvalue weighted by atomic mass is 10.2. The molecule has 5 heteroatoms. The van der Waals surface area contributed by atoms with Crippen LogP contribution in [0.5, 0.6) is 0 Å². The summed E-state index contributed by atoms with van der Waals surface area (Å²) in [6, 6.07) is 3.93. The van der Waals surface area contributed by atoms with Crippen LogP contribution in [0.4, 0.5) is 0 Å². The topological polar surface area (TPSA) is 77.4 Å². The van der Waals surface area contributed by atoms with Crippen molar-refractivity contribution in [2.75, 3.05) is 13.1 Å². The average molecular weight is 217 g/mol. The Morgan fingerprint density at radius 2 is 2.25 bits per heavy atom. The molecule has 0 aliphatic rings. The van der Waals surface area contributed by atoms with Crippen LogP contribution in [0.2, 0.25) is 0 Å². The maximum Gasteiger partial charge on any atom is 0.176 e. The van der Waals surface area contributed by atoms with E-state index in [1.165, 1.54) is 0 Å². The molecule has 1 rings (SSSR count). The predicted molar refractivity (Wildman–Crippen MR) is 59.4 cm³/mol. The van der Waals surface area contributed by atoms with E-state index in [1.807, 2.05) is 12.1 Å². The fourth-order valence-corrected chi connectivity index (χ4v) is 1.51. The molecule has 0 saturated heterocycles. The number of nitriles is 2. The Hall–Kier alpha value is -1.85. The Labute approximate surface area is 95.3 Å². The molecule has 0 saturated carbocycles. The van der Waals surface area contributed by atoms with E-state index in [1.54, 1.807) is 10.9 Å². The van der Waals surface area contributed by atoms with E-state index >= 15 is 0 Å². The lowest BCUT2D eigenvalue weighted by molar-refractivity contribution is 0.449. The third kappa shape index (κ3) is 2.82. The second-order valence-electron chi connectivity index (χ2n) is 3.73. The van der Waals surface area contributed by atoms with Gasteiger partial charge in [0.15, 0.2) is 11.4 Å². The minimum absolute atomic E-state index is 0.207. The number of imidazole rings is 1. The SMILES string of the molecule is CCNCC(C)Cn1cnc(C#N)c1C#N. The average Bonchev–Trinajstić information content (AvgIpc) is 2.68. The summed E-state index contributed by atoms with van der Waals surface area (Å²) in [5, 5.41) is 20.9. The summed E-state index contributed by atoms with van der Waals surface area (Å²) in [7, 11) is 0. The molecular weight excluding hydrogens is 202 g/mol. The molecule has 1 aromatic heterocycles. The first-order valence-corrected chi connectivity index (χ1v) is 5.29. The summed E-state index contributed by atoms with van der Waals surface area (Å²) >= 11 is 0. The molecule has 16 heavy (non-hydrogen) atoms. The highest BCUT2D eigenvalue weighted by Crippen LogP contribution is 2.08. The summed E-state index contributed by atoms with van der Waals surface area (Å²) in [5.41, 5.74) is 0.559. The van der Waals surface area contributed by atoms with Crippen LogP contribution in [0.3, 0.4) is 0 Å². The molecule has 0 aliphatic carbocycles. The smallest absolute Gasteiger partial charge is 0.176 e. The fourth-order valence-electron chi connectivity index (χ4n) is 1.51. The fraction of sp³-hybridized carbons (Fsp3) is 0.545. The Kier molecular flexibility index (Phi) is 4.50. The molecule has 0 bridgehead atoms. The Morgan fingerprint density at radius 3 is 2.81 bits per heavy atom. The van der Waals surface area contributed by atoms with Crippen molar-refractivity contribution < 1.29 is 0 Å². The van der Waals surface area contributed by atoms with Crippen molar-refractivity contribution in [3.63, 3.8) is 0 Å². The van der Waals surface area contributed by atoms with Crippen LogP contribution in [0.15, 0.2) is 6.33 Å². The number of rotatable bonds is 5. The lowest BCUT2D eigenvalue weighted by Crippen LogP contribution is -2.24. The van der Waals surface area contributed by atoms with Crippen molar-refractivity contribution in [1.82, 2.24) is 14.9 Å². The van der Waals surface area contributed by atoms with Gasteiger partial charge in [0.1, 0.15) is 12.1 Å². The molecule has 84 valence electrons. The van der Waals surface area contributed by atoms with Gasteiger partial charge in [0.25, 0.3) is 0 Å². The van der Waals surface area contributed by atoms with Crippen LogP contribution in [0.1, 0.15) is 25.2 Å². The maximum absolute atomic E-state index is 8.93. The molecule has 0 aromatic carbocycles. The summed E-state index contributed by atoms with van der Waals surface area (Å²) in [6.45, 7) is 6.67. The van der Waals surface area contributed by atoms with Gasteiger partial charge in [-0.2, -0.15) is 10.5 Å². The molecule has 1 heterocycles. The van der Waals surface area contributed by atoms with Gasteiger partial charge in [-0.3, -0.25) is 0 Å². The number of hydrogen-bond acceptors (Lipinski definition) is 4. The lowest BCUT2D eigenvalue weighted by Gasteiger charge is -2.12. The molecule has 0 amide bonds. The first-order chi connectivity index (χ1) is 7.72. The monoisotopic (exact) mass is 217 g/mol. The van der Waals surface area contributed by atoms with Gasteiger partial charge in [0.2, 0.25) is 0 Å². The van der Waals surface area contributed by atoms with E-state index in [2.05, 4.69) is 24.1 Å². The van der Waals surface area contributed by atoms with E-state index in [0.29, 0.717) is 18.2 Å². The predicted octanol–water partition coefficient (Wildman–Crippen LogP) is 0.872. The Morgan fingerprint density at radius 1 is 1.50 bits per heavy atom. The van der Waals surface area contributed by atoms with Crippen LogP contribution in [-0.2, 0) is 6.54 Å². The number of nitrogens with one attached hydrogen (secondary N) is 1. The standard InChI is InChI=1S/C11H15N5/c1-3-14-6-9(2)7-16-8-15-10(4-12)11(16)5-13/h8-9,14H,3,6-7H2,1-2H3. The van der Waals surface area contributed by atoms with E-state index < -0.39 is 0 Å². The molecular formula is C11H15N5. The van der Waals surface area contributed by atoms with Gasteiger partial charge in [-0.15, -0.1) is 0 Å². The molecule has 1 atom stereocenters. The summed E-state index contributed by atoms with van der Waals surface area (Å²) in [4.78, 5) is 3.90. The quantitative estimate of drug-likeness (QED) is 0.794. The molecule has 1 N–H and O–H groups in total. The third-order valence-corrected chi connectivity index (χ3v) is 2.30. The number of aromatic nitrogens is 2. The van der Waals surface area contributed by atoms with Crippen LogP contribution in [0.25, 0.3) is 0 Å². The van der Waals surface area contributed by atoms with Gasteiger partial charge in [-0.1, -0.05) is 13.8 Å². The van der Waals surface area contributed by atoms with Gasteiger partial charge in [-0.05, 0) is 19.0 Å². The summed E-state index contributed by atoms with van der Waals surface area (Å²) in [6.07, 6.45) is 1.56. The van der Waals surface area contributed by atoms with Crippen LogP contribution in [0, 0.1) is 28.6 Å². The highest BCUT2D eigenvalue weighted by Gasteiger charge is 2.11. The zero-order valence-corrected chi connectivity index (χ0v) is 9.56. The van der Waals surface area contributed by atoms with Crippen molar-refractivity contribution in [2.24, 2.45) is 5.92 Å². The second-order valence-corrected chi connectivity index (χ2v) is 3.73. The van der Waals surface area contributed by atoms with Crippen LogP contribution >= 0.6 is 0 Å². The molecule has 1 aromatic rings. The Bertz CT molecular complexity index is 421.